The van der Waals surface area contributed by atoms with Crippen molar-refractivity contribution in [3.05, 3.63) is 38.9 Å². The first-order valence-corrected chi connectivity index (χ1v) is 6.93. The minimum Gasteiger partial charge on any atom is -0.507 e. The van der Waals surface area contributed by atoms with Crippen LogP contribution in [0, 0.1) is 41.5 Å². The number of phenolic OH excluding ortho intramolecular Hbond substituents is 1. The van der Waals surface area contributed by atoms with Crippen LogP contribution in [0.25, 0.3) is 10.8 Å². The minimum atomic E-state index is -0.0831. The molecule has 0 saturated carbocycles. The second-order valence-electron chi connectivity index (χ2n) is 5.78. The van der Waals surface area contributed by atoms with Gasteiger partial charge in [0.25, 0.3) is 0 Å². The van der Waals surface area contributed by atoms with E-state index in [0.717, 1.165) is 27.5 Å². The van der Waals surface area contributed by atoms with Crippen molar-refractivity contribution in [1.82, 2.24) is 0 Å². The molecule has 2 rings (SSSR count). The van der Waals surface area contributed by atoms with E-state index in [1.807, 2.05) is 20.8 Å². The molecule has 0 fully saturated rings. The third kappa shape index (κ3) is 1.75. The first-order valence-electron chi connectivity index (χ1n) is 6.93. The van der Waals surface area contributed by atoms with Crippen molar-refractivity contribution in [2.45, 2.75) is 48.5 Å². The van der Waals surface area contributed by atoms with Crippen molar-refractivity contribution in [3.63, 3.8) is 0 Å². The van der Waals surface area contributed by atoms with E-state index in [1.54, 1.807) is 0 Å². The second-order valence-corrected chi connectivity index (χ2v) is 5.78. The van der Waals surface area contributed by atoms with Crippen LogP contribution in [0.2, 0.25) is 0 Å². The van der Waals surface area contributed by atoms with Gasteiger partial charge in [-0.15, -0.1) is 0 Å². The predicted octanol–water partition coefficient (Wildman–Crippen LogP) is 4.60. The van der Waals surface area contributed by atoms with Crippen LogP contribution in [0.15, 0.2) is 0 Å². The third-order valence-electron chi connectivity index (χ3n) is 4.83. The zero-order valence-corrected chi connectivity index (χ0v) is 13.4. The molecule has 0 unspecified atom stereocenters. The van der Waals surface area contributed by atoms with Crippen LogP contribution in [0.1, 0.15) is 50.7 Å². The molecule has 2 aromatic rings. The smallest absolute Gasteiger partial charge is 0.163 e. The zero-order chi connectivity index (χ0) is 15.4. The number of fused-ring (bicyclic) bond motifs is 1. The van der Waals surface area contributed by atoms with Gasteiger partial charge in [0.05, 0.1) is 5.56 Å². The number of phenols is 1. The summed E-state index contributed by atoms with van der Waals surface area (Å²) in [7, 11) is 0. The first-order chi connectivity index (χ1) is 9.20. The van der Waals surface area contributed by atoms with Crippen LogP contribution in [-0.2, 0) is 0 Å². The summed E-state index contributed by atoms with van der Waals surface area (Å²) < 4.78 is 0. The number of hydrogen-bond donors (Lipinski definition) is 1. The maximum atomic E-state index is 11.9. The number of benzene rings is 2. The number of aryl methyl sites for hydroxylation is 3. The van der Waals surface area contributed by atoms with Gasteiger partial charge in [-0.25, -0.2) is 0 Å². The van der Waals surface area contributed by atoms with Crippen LogP contribution >= 0.6 is 0 Å². The quantitative estimate of drug-likeness (QED) is 0.769. The maximum absolute atomic E-state index is 11.9. The lowest BCUT2D eigenvalue weighted by molar-refractivity contribution is 0.101. The molecular formula is C18H22O2. The van der Waals surface area contributed by atoms with E-state index in [1.165, 1.54) is 23.6 Å². The van der Waals surface area contributed by atoms with Crippen molar-refractivity contribution in [1.29, 1.82) is 0 Å². The number of carbonyl (C=O) groups is 1. The van der Waals surface area contributed by atoms with Gasteiger partial charge < -0.3 is 5.11 Å². The number of aromatic hydroxyl groups is 1. The Kier molecular flexibility index (Phi) is 3.37. The molecule has 20 heavy (non-hydrogen) atoms. The lowest BCUT2D eigenvalue weighted by Gasteiger charge is -2.20. The molecule has 106 valence electrons. The fraction of sp³-hybridized carbons (Fsp3) is 0.389. The Morgan fingerprint density at radius 3 is 1.55 bits per heavy atom. The lowest BCUT2D eigenvalue weighted by atomic mass is 9.85. The van der Waals surface area contributed by atoms with Gasteiger partial charge in [0, 0.05) is 5.39 Å². The predicted molar refractivity (Wildman–Crippen MR) is 84.0 cm³/mol. The van der Waals surface area contributed by atoms with Gasteiger partial charge in [0.2, 0.25) is 0 Å². The van der Waals surface area contributed by atoms with E-state index in [2.05, 4.69) is 20.8 Å². The molecule has 0 radical (unpaired) electrons. The molecule has 0 aliphatic carbocycles. The van der Waals surface area contributed by atoms with E-state index < -0.39 is 0 Å². The van der Waals surface area contributed by atoms with E-state index in [9.17, 15) is 9.90 Å². The zero-order valence-electron chi connectivity index (χ0n) is 13.4. The SMILES string of the molecule is CC(=O)c1c(C)c(C)c2c(C)c(C)c(C)c(C)c2c1O. The lowest BCUT2D eigenvalue weighted by Crippen LogP contribution is -2.04. The average Bonchev–Trinajstić information content (AvgIpc) is 2.37. The van der Waals surface area contributed by atoms with E-state index in [4.69, 9.17) is 0 Å². The molecule has 0 aromatic heterocycles. The molecule has 2 heteroatoms. The summed E-state index contributed by atoms with van der Waals surface area (Å²) in [6.45, 7) is 13.7. The van der Waals surface area contributed by atoms with Crippen molar-refractivity contribution >= 4 is 16.6 Å². The fourth-order valence-corrected chi connectivity index (χ4v) is 3.19. The van der Waals surface area contributed by atoms with E-state index >= 15 is 0 Å². The number of rotatable bonds is 1. The first kappa shape index (κ1) is 14.6. The fourth-order valence-electron chi connectivity index (χ4n) is 3.19. The molecule has 0 spiro atoms. The Morgan fingerprint density at radius 1 is 0.700 bits per heavy atom. The van der Waals surface area contributed by atoms with Gasteiger partial charge >= 0.3 is 0 Å². The molecule has 0 aliphatic heterocycles. The van der Waals surface area contributed by atoms with Crippen molar-refractivity contribution < 1.29 is 9.90 Å². The van der Waals surface area contributed by atoms with Crippen LogP contribution < -0.4 is 0 Å². The molecule has 0 aliphatic rings. The maximum Gasteiger partial charge on any atom is 0.163 e. The van der Waals surface area contributed by atoms with Gasteiger partial charge in [-0.05, 0) is 87.2 Å². The van der Waals surface area contributed by atoms with Crippen LogP contribution in [0.3, 0.4) is 0 Å². The summed E-state index contributed by atoms with van der Waals surface area (Å²) in [5.74, 6) is 0.0552. The molecule has 0 heterocycles. The number of hydrogen-bond acceptors (Lipinski definition) is 2. The van der Waals surface area contributed by atoms with Gasteiger partial charge in [-0.3, -0.25) is 4.79 Å². The summed E-state index contributed by atoms with van der Waals surface area (Å²) in [5.41, 5.74) is 7.12. The molecule has 2 nitrogen and oxygen atoms in total. The molecule has 0 atom stereocenters. The summed E-state index contributed by atoms with van der Waals surface area (Å²) in [5, 5.41) is 12.5. The Morgan fingerprint density at radius 2 is 1.10 bits per heavy atom. The molecular weight excluding hydrogens is 248 g/mol. The summed E-state index contributed by atoms with van der Waals surface area (Å²) in [6.07, 6.45) is 0. The van der Waals surface area contributed by atoms with Gasteiger partial charge in [0.1, 0.15) is 5.75 Å². The highest BCUT2D eigenvalue weighted by Crippen LogP contribution is 2.41. The molecule has 0 saturated heterocycles. The van der Waals surface area contributed by atoms with Gasteiger partial charge in [-0.2, -0.15) is 0 Å². The highest BCUT2D eigenvalue weighted by Gasteiger charge is 2.21. The van der Waals surface area contributed by atoms with Crippen molar-refractivity contribution in [3.8, 4) is 5.75 Å². The number of carbonyl (C=O) groups excluding carboxylic acids is 1. The van der Waals surface area contributed by atoms with E-state index in [0.29, 0.717) is 5.56 Å². The largest absolute Gasteiger partial charge is 0.507 e. The van der Waals surface area contributed by atoms with Crippen molar-refractivity contribution in [2.75, 3.05) is 0 Å². The summed E-state index contributed by atoms with van der Waals surface area (Å²) >= 11 is 0. The van der Waals surface area contributed by atoms with Gasteiger partial charge in [0.15, 0.2) is 5.78 Å². The van der Waals surface area contributed by atoms with E-state index in [-0.39, 0.29) is 11.5 Å². The molecule has 1 N–H and O–H groups in total. The standard InChI is InChI=1S/C18H22O2/c1-8-9(2)11(4)17-15(10(8)3)12(5)13(6)16(14(7)19)18(17)20/h20H,1-7H3. The number of ketones is 1. The van der Waals surface area contributed by atoms with Crippen LogP contribution in [-0.4, -0.2) is 10.9 Å². The van der Waals surface area contributed by atoms with Crippen LogP contribution in [0.5, 0.6) is 5.75 Å². The summed E-state index contributed by atoms with van der Waals surface area (Å²) in [6, 6.07) is 0. The van der Waals surface area contributed by atoms with Crippen molar-refractivity contribution in [2.24, 2.45) is 0 Å². The van der Waals surface area contributed by atoms with Gasteiger partial charge in [-0.1, -0.05) is 0 Å². The highest BCUT2D eigenvalue weighted by atomic mass is 16.3. The molecule has 0 amide bonds. The second kappa shape index (κ2) is 4.62. The Balaban J connectivity index is 3.21. The summed E-state index contributed by atoms with van der Waals surface area (Å²) in [4.78, 5) is 11.9. The minimum absolute atomic E-state index is 0.0831. The van der Waals surface area contributed by atoms with Crippen LogP contribution in [0.4, 0.5) is 0 Å². The Hall–Kier alpha value is -1.83. The number of Topliss-reactive ketones (excluding diaryl/α,β-unsaturated/α-hetero) is 1. The Labute approximate surface area is 120 Å². The normalized spacial score (nSPS) is 11.2. The molecule has 0 bridgehead atoms. The highest BCUT2D eigenvalue weighted by molar-refractivity contribution is 6.08. The monoisotopic (exact) mass is 270 g/mol. The molecule has 2 aromatic carbocycles. The Bertz CT molecular complexity index is 753. The third-order valence-corrected chi connectivity index (χ3v) is 4.83. The average molecular weight is 270 g/mol. The topological polar surface area (TPSA) is 37.3 Å².